The molecule has 2 heteroatoms. The van der Waals surface area contributed by atoms with E-state index in [2.05, 4.69) is 27.7 Å². The largest absolute Gasteiger partial charge is 0.379 e. The number of alkyl halides is 1. The van der Waals surface area contributed by atoms with E-state index in [-0.39, 0.29) is 0 Å². The minimum atomic E-state index is 0.341. The Bertz CT molecular complexity index is 102. The van der Waals surface area contributed by atoms with Crippen molar-refractivity contribution in [1.82, 2.24) is 0 Å². The number of halogens is 1. The van der Waals surface area contributed by atoms with Gasteiger partial charge in [-0.25, -0.2) is 0 Å². The first-order valence-electron chi connectivity index (χ1n) is 4.75. The third-order valence-electron chi connectivity index (χ3n) is 2.08. The monoisotopic (exact) mass is 192 g/mol. The van der Waals surface area contributed by atoms with Gasteiger partial charge in [0.2, 0.25) is 0 Å². The van der Waals surface area contributed by atoms with Crippen LogP contribution in [-0.2, 0) is 4.74 Å². The van der Waals surface area contributed by atoms with Crippen LogP contribution in [0, 0.1) is 11.8 Å². The molecule has 0 fully saturated rings. The van der Waals surface area contributed by atoms with Gasteiger partial charge in [0.05, 0.1) is 6.10 Å². The Morgan fingerprint density at radius 1 is 1.17 bits per heavy atom. The highest BCUT2D eigenvalue weighted by Gasteiger charge is 2.11. The highest BCUT2D eigenvalue weighted by atomic mass is 35.5. The standard InChI is InChI=1S/C10H21ClO/c1-8(2)10(7-11)5-6-12-9(3)4/h8-10H,5-7H2,1-4H3. The molecule has 1 unspecified atom stereocenters. The molecule has 0 N–H and O–H groups in total. The molecule has 0 heterocycles. The van der Waals surface area contributed by atoms with Crippen molar-refractivity contribution >= 4 is 11.6 Å². The van der Waals surface area contributed by atoms with Crippen LogP contribution in [0.1, 0.15) is 34.1 Å². The molecule has 0 aliphatic rings. The van der Waals surface area contributed by atoms with Gasteiger partial charge < -0.3 is 4.74 Å². The van der Waals surface area contributed by atoms with E-state index in [1.807, 2.05) is 0 Å². The van der Waals surface area contributed by atoms with E-state index < -0.39 is 0 Å². The van der Waals surface area contributed by atoms with Crippen LogP contribution < -0.4 is 0 Å². The van der Waals surface area contributed by atoms with Crippen LogP contribution >= 0.6 is 11.6 Å². The zero-order chi connectivity index (χ0) is 9.56. The summed E-state index contributed by atoms with van der Waals surface area (Å²) in [7, 11) is 0. The molecule has 0 amide bonds. The SMILES string of the molecule is CC(C)OCCC(CCl)C(C)C. The van der Waals surface area contributed by atoms with Gasteiger partial charge in [-0.2, -0.15) is 0 Å². The van der Waals surface area contributed by atoms with Crippen LogP contribution in [0.15, 0.2) is 0 Å². The molecule has 0 radical (unpaired) electrons. The minimum Gasteiger partial charge on any atom is -0.379 e. The normalized spacial score (nSPS) is 14.2. The van der Waals surface area contributed by atoms with Gasteiger partial charge in [-0.15, -0.1) is 11.6 Å². The molecule has 0 aliphatic carbocycles. The van der Waals surface area contributed by atoms with Gasteiger partial charge in [0.15, 0.2) is 0 Å². The summed E-state index contributed by atoms with van der Waals surface area (Å²) in [6.07, 6.45) is 1.42. The van der Waals surface area contributed by atoms with E-state index in [0.717, 1.165) is 18.9 Å². The topological polar surface area (TPSA) is 9.23 Å². The van der Waals surface area contributed by atoms with Gasteiger partial charge >= 0.3 is 0 Å². The van der Waals surface area contributed by atoms with Crippen molar-refractivity contribution in [3.05, 3.63) is 0 Å². The summed E-state index contributed by atoms with van der Waals surface area (Å²) in [6.45, 7) is 9.38. The summed E-state index contributed by atoms with van der Waals surface area (Å²) < 4.78 is 5.47. The molecule has 0 aromatic rings. The summed E-state index contributed by atoms with van der Waals surface area (Å²) in [4.78, 5) is 0. The lowest BCUT2D eigenvalue weighted by molar-refractivity contribution is 0.0662. The Kier molecular flexibility index (Phi) is 6.87. The van der Waals surface area contributed by atoms with Crippen molar-refractivity contribution in [2.75, 3.05) is 12.5 Å². The molecule has 0 saturated carbocycles. The average molecular weight is 193 g/mol. The zero-order valence-corrected chi connectivity index (χ0v) is 9.40. The lowest BCUT2D eigenvalue weighted by Crippen LogP contribution is -2.15. The summed E-state index contributed by atoms with van der Waals surface area (Å²) in [5, 5.41) is 0. The van der Waals surface area contributed by atoms with E-state index in [9.17, 15) is 0 Å². The predicted octanol–water partition coefficient (Wildman–Crippen LogP) is 3.31. The Balaban J connectivity index is 3.45. The molecule has 0 saturated heterocycles. The van der Waals surface area contributed by atoms with Gasteiger partial charge in [0.1, 0.15) is 0 Å². The summed E-state index contributed by atoms with van der Waals surface area (Å²) in [5.74, 6) is 2.02. The molecule has 12 heavy (non-hydrogen) atoms. The summed E-state index contributed by atoms with van der Waals surface area (Å²) >= 11 is 5.82. The van der Waals surface area contributed by atoms with E-state index >= 15 is 0 Å². The second-order valence-corrected chi connectivity index (χ2v) is 4.18. The summed E-state index contributed by atoms with van der Waals surface area (Å²) in [6, 6.07) is 0. The third-order valence-corrected chi connectivity index (χ3v) is 2.48. The molecule has 0 aromatic carbocycles. The van der Waals surface area contributed by atoms with Gasteiger partial charge in [-0.3, -0.25) is 0 Å². The van der Waals surface area contributed by atoms with E-state index in [0.29, 0.717) is 17.9 Å². The van der Waals surface area contributed by atoms with Crippen LogP contribution in [0.4, 0.5) is 0 Å². The molecular weight excluding hydrogens is 172 g/mol. The summed E-state index contributed by atoms with van der Waals surface area (Å²) in [5.41, 5.74) is 0. The lowest BCUT2D eigenvalue weighted by atomic mass is 9.95. The Hall–Kier alpha value is 0.250. The fraction of sp³-hybridized carbons (Fsp3) is 1.00. The van der Waals surface area contributed by atoms with Crippen LogP contribution in [0.25, 0.3) is 0 Å². The fourth-order valence-corrected chi connectivity index (χ4v) is 1.55. The van der Waals surface area contributed by atoms with E-state index in [4.69, 9.17) is 16.3 Å². The van der Waals surface area contributed by atoms with Gasteiger partial charge in [-0.1, -0.05) is 13.8 Å². The van der Waals surface area contributed by atoms with Crippen molar-refractivity contribution in [2.45, 2.75) is 40.2 Å². The van der Waals surface area contributed by atoms with Crippen molar-refractivity contribution in [1.29, 1.82) is 0 Å². The molecule has 1 atom stereocenters. The second-order valence-electron chi connectivity index (χ2n) is 3.87. The van der Waals surface area contributed by atoms with Crippen molar-refractivity contribution in [3.63, 3.8) is 0 Å². The van der Waals surface area contributed by atoms with Crippen molar-refractivity contribution < 1.29 is 4.74 Å². The maximum absolute atomic E-state index is 5.82. The van der Waals surface area contributed by atoms with Crippen molar-refractivity contribution in [2.24, 2.45) is 11.8 Å². The fourth-order valence-electron chi connectivity index (χ4n) is 1.04. The van der Waals surface area contributed by atoms with E-state index in [1.54, 1.807) is 0 Å². The van der Waals surface area contributed by atoms with Crippen LogP contribution in [0.2, 0.25) is 0 Å². The highest BCUT2D eigenvalue weighted by Crippen LogP contribution is 2.16. The van der Waals surface area contributed by atoms with Crippen LogP contribution in [0.5, 0.6) is 0 Å². The maximum Gasteiger partial charge on any atom is 0.0518 e. The second kappa shape index (κ2) is 6.73. The van der Waals surface area contributed by atoms with Gasteiger partial charge in [0, 0.05) is 12.5 Å². The highest BCUT2D eigenvalue weighted by molar-refractivity contribution is 6.18. The first-order chi connectivity index (χ1) is 5.57. The molecule has 0 bridgehead atoms. The van der Waals surface area contributed by atoms with Gasteiger partial charge in [-0.05, 0) is 32.1 Å². The van der Waals surface area contributed by atoms with Crippen LogP contribution in [0.3, 0.4) is 0 Å². The molecule has 0 spiro atoms. The lowest BCUT2D eigenvalue weighted by Gasteiger charge is -2.18. The minimum absolute atomic E-state index is 0.341. The third kappa shape index (κ3) is 5.84. The molecule has 0 rings (SSSR count). The quantitative estimate of drug-likeness (QED) is 0.587. The predicted molar refractivity (Wildman–Crippen MR) is 54.8 cm³/mol. The molecular formula is C10H21ClO. The molecule has 74 valence electrons. The number of rotatable bonds is 6. The molecule has 1 nitrogen and oxygen atoms in total. The van der Waals surface area contributed by atoms with Gasteiger partial charge in [0.25, 0.3) is 0 Å². The zero-order valence-electron chi connectivity index (χ0n) is 8.64. The number of hydrogen-bond acceptors (Lipinski definition) is 1. The smallest absolute Gasteiger partial charge is 0.0518 e. The Labute approximate surface area is 81.4 Å². The van der Waals surface area contributed by atoms with E-state index in [1.165, 1.54) is 0 Å². The first-order valence-corrected chi connectivity index (χ1v) is 5.29. The Morgan fingerprint density at radius 2 is 1.75 bits per heavy atom. The maximum atomic E-state index is 5.82. The first kappa shape index (κ1) is 12.2. The average Bonchev–Trinajstić information content (AvgIpc) is 1.96. The molecule has 0 aromatic heterocycles. The number of hydrogen-bond donors (Lipinski definition) is 0. The Morgan fingerprint density at radius 3 is 2.08 bits per heavy atom. The van der Waals surface area contributed by atoms with Crippen LogP contribution in [-0.4, -0.2) is 18.6 Å². The van der Waals surface area contributed by atoms with Crippen molar-refractivity contribution in [3.8, 4) is 0 Å². The molecule has 0 aliphatic heterocycles. The number of ether oxygens (including phenoxy) is 1.